The molecule has 0 unspecified atom stereocenters. The summed E-state index contributed by atoms with van der Waals surface area (Å²) >= 11 is 3.45. The molecule has 2 amide bonds. The van der Waals surface area contributed by atoms with Crippen LogP contribution in [0.1, 0.15) is 44.6 Å². The Kier molecular flexibility index (Phi) is 10.4. The van der Waals surface area contributed by atoms with E-state index in [0.29, 0.717) is 5.75 Å². The third-order valence-corrected chi connectivity index (χ3v) is 8.31. The Morgan fingerprint density at radius 2 is 1.79 bits per heavy atom. The Labute approximate surface area is 233 Å². The maximum Gasteiger partial charge on any atom is 0.244 e. The molecule has 9 nitrogen and oxygen atoms in total. The third-order valence-electron chi connectivity index (χ3n) is 6.69. The number of benzene rings is 2. The highest BCUT2D eigenvalue weighted by molar-refractivity contribution is 9.10. The Hall–Kier alpha value is -2.79. The van der Waals surface area contributed by atoms with E-state index >= 15 is 0 Å². The van der Waals surface area contributed by atoms with Gasteiger partial charge in [-0.05, 0) is 49.6 Å². The minimum atomic E-state index is -3.91. The van der Waals surface area contributed by atoms with Gasteiger partial charge in [-0.15, -0.1) is 0 Å². The summed E-state index contributed by atoms with van der Waals surface area (Å²) in [4.78, 5) is 28.5. The number of ether oxygens (including phenoxy) is 2. The highest BCUT2D eigenvalue weighted by Gasteiger charge is 2.32. The number of nitrogens with one attached hydrogen (secondary N) is 1. The van der Waals surface area contributed by atoms with Crippen molar-refractivity contribution >= 4 is 43.5 Å². The number of halogens is 1. The van der Waals surface area contributed by atoms with E-state index in [1.165, 1.54) is 25.2 Å². The maximum atomic E-state index is 13.8. The standard InChI is InChI=1S/C27H36BrN3O6S/c1-19(27(33)29-22-11-6-5-7-12-22)30(17-20-9-8-10-21(28)15-20)26(32)18-31(38(4,34)35)24-16-23(36-2)13-14-25(24)37-3/h8-10,13-16,19,22H,5-7,11-12,17-18H2,1-4H3,(H,29,33)/t19-/m1/s1. The number of rotatable bonds is 11. The van der Waals surface area contributed by atoms with Crippen molar-refractivity contribution in [1.82, 2.24) is 10.2 Å². The van der Waals surface area contributed by atoms with Crippen LogP contribution in [0.3, 0.4) is 0 Å². The van der Waals surface area contributed by atoms with Gasteiger partial charge in [-0.3, -0.25) is 13.9 Å². The first-order chi connectivity index (χ1) is 18.0. The van der Waals surface area contributed by atoms with Crippen molar-refractivity contribution in [1.29, 1.82) is 0 Å². The van der Waals surface area contributed by atoms with Gasteiger partial charge in [0.2, 0.25) is 21.8 Å². The van der Waals surface area contributed by atoms with Crippen molar-refractivity contribution in [3.05, 3.63) is 52.5 Å². The third kappa shape index (κ3) is 7.86. The summed E-state index contributed by atoms with van der Waals surface area (Å²) in [5.41, 5.74) is 0.972. The van der Waals surface area contributed by atoms with E-state index < -0.39 is 28.5 Å². The topological polar surface area (TPSA) is 105 Å². The van der Waals surface area contributed by atoms with Crippen molar-refractivity contribution in [2.45, 2.75) is 57.7 Å². The largest absolute Gasteiger partial charge is 0.497 e. The quantitative estimate of drug-likeness (QED) is 0.411. The summed E-state index contributed by atoms with van der Waals surface area (Å²) in [5, 5.41) is 3.09. The molecule has 2 aromatic carbocycles. The lowest BCUT2D eigenvalue weighted by Crippen LogP contribution is -2.53. The average Bonchev–Trinajstić information content (AvgIpc) is 2.89. The van der Waals surface area contributed by atoms with Gasteiger partial charge in [0.1, 0.15) is 24.1 Å². The van der Waals surface area contributed by atoms with E-state index in [4.69, 9.17) is 9.47 Å². The normalized spacial score (nSPS) is 14.9. The molecular weight excluding hydrogens is 574 g/mol. The summed E-state index contributed by atoms with van der Waals surface area (Å²) in [6.45, 7) is 1.28. The fourth-order valence-electron chi connectivity index (χ4n) is 4.57. The summed E-state index contributed by atoms with van der Waals surface area (Å²) in [6.07, 6.45) is 6.13. The lowest BCUT2D eigenvalue weighted by molar-refractivity contribution is -0.139. The predicted molar refractivity (Wildman–Crippen MR) is 151 cm³/mol. The molecule has 11 heteroatoms. The summed E-state index contributed by atoms with van der Waals surface area (Å²) in [6, 6.07) is 11.4. The molecule has 0 aliphatic heterocycles. The van der Waals surface area contributed by atoms with Crippen molar-refractivity contribution in [3.8, 4) is 11.5 Å². The molecule has 1 aliphatic carbocycles. The number of methoxy groups -OCH3 is 2. The maximum absolute atomic E-state index is 13.8. The molecule has 1 aliphatic rings. The number of amides is 2. The molecule has 0 spiro atoms. The van der Waals surface area contributed by atoms with Gasteiger partial charge in [-0.25, -0.2) is 8.42 Å². The molecule has 0 saturated heterocycles. The minimum absolute atomic E-state index is 0.0788. The Morgan fingerprint density at radius 3 is 2.39 bits per heavy atom. The number of carbonyl (C=O) groups excluding carboxylic acids is 2. The smallest absolute Gasteiger partial charge is 0.244 e. The number of carbonyl (C=O) groups is 2. The van der Waals surface area contributed by atoms with Crippen LogP contribution in [0, 0.1) is 0 Å². The number of hydrogen-bond acceptors (Lipinski definition) is 6. The van der Waals surface area contributed by atoms with Gasteiger partial charge in [-0.1, -0.05) is 47.3 Å². The zero-order chi connectivity index (χ0) is 27.9. The second kappa shape index (κ2) is 13.3. The molecule has 1 N–H and O–H groups in total. The van der Waals surface area contributed by atoms with Crippen LogP contribution in [0.2, 0.25) is 0 Å². The van der Waals surface area contributed by atoms with Crippen LogP contribution >= 0.6 is 15.9 Å². The second-order valence-corrected chi connectivity index (χ2v) is 12.3. The summed E-state index contributed by atoms with van der Waals surface area (Å²) in [7, 11) is -1.02. The van der Waals surface area contributed by atoms with Gasteiger partial charge < -0.3 is 19.7 Å². The Morgan fingerprint density at radius 1 is 1.08 bits per heavy atom. The predicted octanol–water partition coefficient (Wildman–Crippen LogP) is 4.10. The highest BCUT2D eigenvalue weighted by Crippen LogP contribution is 2.34. The molecule has 0 radical (unpaired) electrons. The van der Waals surface area contributed by atoms with Crippen LogP contribution in [0.5, 0.6) is 11.5 Å². The second-order valence-electron chi connectivity index (χ2n) is 9.48. The highest BCUT2D eigenvalue weighted by atomic mass is 79.9. The van der Waals surface area contributed by atoms with Crippen molar-refractivity contribution in [2.24, 2.45) is 0 Å². The van der Waals surface area contributed by atoms with E-state index in [1.807, 2.05) is 24.3 Å². The fraction of sp³-hybridized carbons (Fsp3) is 0.481. The van der Waals surface area contributed by atoms with E-state index in [-0.39, 0.29) is 29.9 Å². The van der Waals surface area contributed by atoms with Crippen molar-refractivity contribution in [2.75, 3.05) is 31.3 Å². The molecule has 38 heavy (non-hydrogen) atoms. The van der Waals surface area contributed by atoms with E-state index in [0.717, 1.165) is 52.7 Å². The van der Waals surface area contributed by atoms with Gasteiger partial charge in [-0.2, -0.15) is 0 Å². The first-order valence-corrected chi connectivity index (χ1v) is 15.2. The van der Waals surface area contributed by atoms with Crippen LogP contribution in [-0.4, -0.2) is 64.2 Å². The molecule has 0 aromatic heterocycles. The lowest BCUT2D eigenvalue weighted by Gasteiger charge is -2.33. The number of sulfonamides is 1. The Bertz CT molecular complexity index is 1230. The fourth-order valence-corrected chi connectivity index (χ4v) is 5.86. The monoisotopic (exact) mass is 609 g/mol. The minimum Gasteiger partial charge on any atom is -0.497 e. The molecule has 1 fully saturated rings. The van der Waals surface area contributed by atoms with Crippen molar-refractivity contribution in [3.63, 3.8) is 0 Å². The van der Waals surface area contributed by atoms with E-state index in [2.05, 4.69) is 21.2 Å². The molecule has 1 atom stereocenters. The summed E-state index contributed by atoms with van der Waals surface area (Å²) in [5.74, 6) is -0.101. The van der Waals surface area contributed by atoms with Crippen LogP contribution in [0.4, 0.5) is 5.69 Å². The van der Waals surface area contributed by atoms with Gasteiger partial charge in [0.25, 0.3) is 0 Å². The molecule has 3 rings (SSSR count). The zero-order valence-corrected chi connectivity index (χ0v) is 24.7. The van der Waals surface area contributed by atoms with Gasteiger partial charge in [0.15, 0.2) is 0 Å². The first kappa shape index (κ1) is 29.8. The number of anilines is 1. The van der Waals surface area contributed by atoms with Crippen LogP contribution in [0.25, 0.3) is 0 Å². The molecule has 208 valence electrons. The molecule has 0 bridgehead atoms. The Balaban J connectivity index is 1.93. The summed E-state index contributed by atoms with van der Waals surface area (Å²) < 4.78 is 38.3. The molecule has 0 heterocycles. The number of hydrogen-bond donors (Lipinski definition) is 1. The van der Waals surface area contributed by atoms with E-state index in [9.17, 15) is 18.0 Å². The SMILES string of the molecule is COc1ccc(OC)c(N(CC(=O)N(Cc2cccc(Br)c2)[C@H](C)C(=O)NC2CCCCC2)S(C)(=O)=O)c1. The van der Waals surface area contributed by atoms with Crippen LogP contribution in [-0.2, 0) is 26.2 Å². The van der Waals surface area contributed by atoms with Crippen LogP contribution in [0.15, 0.2) is 46.9 Å². The van der Waals surface area contributed by atoms with E-state index in [1.54, 1.807) is 19.1 Å². The molecule has 2 aromatic rings. The molecular formula is C27H36BrN3O6S. The van der Waals surface area contributed by atoms with Gasteiger partial charge >= 0.3 is 0 Å². The number of nitrogens with zero attached hydrogens (tertiary/aromatic N) is 2. The average molecular weight is 611 g/mol. The zero-order valence-electron chi connectivity index (χ0n) is 22.3. The lowest BCUT2D eigenvalue weighted by atomic mass is 9.95. The molecule has 1 saturated carbocycles. The first-order valence-electron chi connectivity index (χ1n) is 12.6. The van der Waals surface area contributed by atoms with Crippen LogP contribution < -0.4 is 19.1 Å². The van der Waals surface area contributed by atoms with Gasteiger partial charge in [0.05, 0.1) is 26.2 Å². The van der Waals surface area contributed by atoms with Gasteiger partial charge in [0, 0.05) is 23.1 Å². The van der Waals surface area contributed by atoms with Crippen molar-refractivity contribution < 1.29 is 27.5 Å².